The number of carboxylic acid groups (broad SMARTS) is 1. The highest BCUT2D eigenvalue weighted by molar-refractivity contribution is 6.31. The third-order valence-corrected chi connectivity index (χ3v) is 6.81. The van der Waals surface area contributed by atoms with Crippen LogP contribution in [0.5, 0.6) is 11.5 Å². The Kier molecular flexibility index (Phi) is 8.44. The lowest BCUT2D eigenvalue weighted by Crippen LogP contribution is -2.48. The van der Waals surface area contributed by atoms with Crippen LogP contribution in [0.4, 0.5) is 4.39 Å². The van der Waals surface area contributed by atoms with Gasteiger partial charge in [-0.3, -0.25) is 19.7 Å². The van der Waals surface area contributed by atoms with Gasteiger partial charge in [-0.15, -0.1) is 0 Å². The highest BCUT2D eigenvalue weighted by atomic mass is 35.5. The fourth-order valence-electron chi connectivity index (χ4n) is 4.08. The average Bonchev–Trinajstić information content (AvgIpc) is 3.65. The third kappa shape index (κ3) is 6.75. The standard InChI is InChI=1S/C26H26Cl2FN3O6/c1-14(31-23(33)13-37-16-3-4-18(28)19(29)11-16)6-9-30-24(34)22-12-20(32-26(7-8-26)25(35)36)17-10-15(27)2-5-21(17)38-22/h2-5,10-11,20,22,32H,1,6-9,12-13H2,(H,30,34)(H,31,33)(H,35,36). The zero-order valence-electron chi connectivity index (χ0n) is 20.2. The fourth-order valence-corrected chi connectivity index (χ4v) is 4.38. The molecule has 0 saturated heterocycles. The normalized spacial score (nSPS) is 18.9. The van der Waals surface area contributed by atoms with Crippen molar-refractivity contribution in [3.8, 4) is 11.5 Å². The molecule has 4 N–H and O–H groups in total. The number of carbonyl (C=O) groups excluding carboxylic acids is 2. The zero-order chi connectivity index (χ0) is 27.4. The number of halogens is 3. The number of fused-ring (bicyclic) bond motifs is 1. The van der Waals surface area contributed by atoms with E-state index in [9.17, 15) is 23.9 Å². The van der Waals surface area contributed by atoms with Crippen LogP contribution < -0.4 is 25.4 Å². The molecule has 1 aliphatic carbocycles. The summed E-state index contributed by atoms with van der Waals surface area (Å²) in [5, 5.41) is 18.5. The lowest BCUT2D eigenvalue weighted by atomic mass is 9.94. The Morgan fingerprint density at radius 2 is 1.95 bits per heavy atom. The van der Waals surface area contributed by atoms with Gasteiger partial charge in [0.1, 0.15) is 22.9 Å². The van der Waals surface area contributed by atoms with Crippen molar-refractivity contribution in [3.05, 3.63) is 70.1 Å². The number of ether oxygens (including phenoxy) is 2. The van der Waals surface area contributed by atoms with E-state index in [0.717, 1.165) is 6.07 Å². The van der Waals surface area contributed by atoms with Crippen LogP contribution in [0.15, 0.2) is 48.7 Å². The van der Waals surface area contributed by atoms with Gasteiger partial charge in [0.25, 0.3) is 11.8 Å². The van der Waals surface area contributed by atoms with Crippen molar-refractivity contribution in [3.63, 3.8) is 0 Å². The fraction of sp³-hybridized carbons (Fsp3) is 0.346. The van der Waals surface area contributed by atoms with Gasteiger partial charge in [-0.1, -0.05) is 29.8 Å². The summed E-state index contributed by atoms with van der Waals surface area (Å²) in [5.74, 6) is -1.86. The lowest BCUT2D eigenvalue weighted by molar-refractivity contribution is -0.141. The van der Waals surface area contributed by atoms with E-state index >= 15 is 0 Å². The van der Waals surface area contributed by atoms with E-state index < -0.39 is 35.4 Å². The van der Waals surface area contributed by atoms with E-state index in [2.05, 4.69) is 22.5 Å². The van der Waals surface area contributed by atoms with E-state index in [-0.39, 0.29) is 42.7 Å². The minimum absolute atomic E-state index is 0.0525. The first kappa shape index (κ1) is 27.7. The van der Waals surface area contributed by atoms with Crippen LogP contribution in [0.1, 0.15) is 37.3 Å². The summed E-state index contributed by atoms with van der Waals surface area (Å²) in [7, 11) is 0. The number of carboxylic acids is 1. The summed E-state index contributed by atoms with van der Waals surface area (Å²) in [4.78, 5) is 36.7. The van der Waals surface area contributed by atoms with Crippen LogP contribution in [0.3, 0.4) is 0 Å². The van der Waals surface area contributed by atoms with Crippen molar-refractivity contribution in [1.29, 1.82) is 0 Å². The Balaban J connectivity index is 1.25. The Morgan fingerprint density at radius 1 is 1.18 bits per heavy atom. The molecule has 9 nitrogen and oxygen atoms in total. The number of nitrogens with one attached hydrogen (secondary N) is 3. The monoisotopic (exact) mass is 565 g/mol. The highest BCUT2D eigenvalue weighted by Gasteiger charge is 2.52. The molecule has 1 heterocycles. The first-order valence-electron chi connectivity index (χ1n) is 11.9. The van der Waals surface area contributed by atoms with E-state index in [4.69, 9.17) is 32.7 Å². The van der Waals surface area contributed by atoms with Crippen molar-refractivity contribution in [2.24, 2.45) is 0 Å². The number of benzene rings is 2. The van der Waals surface area contributed by atoms with Gasteiger partial charge < -0.3 is 25.2 Å². The minimum Gasteiger partial charge on any atom is -0.484 e. The number of carbonyl (C=O) groups is 3. The third-order valence-electron chi connectivity index (χ3n) is 6.27. The maximum atomic E-state index is 13.5. The van der Waals surface area contributed by atoms with Gasteiger partial charge in [-0.2, -0.15) is 0 Å². The summed E-state index contributed by atoms with van der Waals surface area (Å²) in [5.41, 5.74) is 0.0421. The van der Waals surface area contributed by atoms with Crippen LogP contribution in [-0.4, -0.2) is 47.7 Å². The van der Waals surface area contributed by atoms with Crippen LogP contribution in [0.2, 0.25) is 10.0 Å². The molecule has 0 radical (unpaired) electrons. The quantitative estimate of drug-likeness (QED) is 0.327. The molecule has 1 saturated carbocycles. The van der Waals surface area contributed by atoms with Gasteiger partial charge >= 0.3 is 5.97 Å². The summed E-state index contributed by atoms with van der Waals surface area (Å²) in [6.07, 6.45) is 0.607. The Morgan fingerprint density at radius 3 is 2.63 bits per heavy atom. The molecule has 12 heteroatoms. The summed E-state index contributed by atoms with van der Waals surface area (Å²) < 4.78 is 24.6. The second-order valence-corrected chi connectivity index (χ2v) is 10.0. The van der Waals surface area contributed by atoms with Gasteiger partial charge in [0.05, 0.1) is 5.02 Å². The van der Waals surface area contributed by atoms with E-state index in [1.54, 1.807) is 18.2 Å². The molecule has 2 amide bonds. The molecular weight excluding hydrogens is 540 g/mol. The highest BCUT2D eigenvalue weighted by Crippen LogP contribution is 2.43. The molecule has 1 aliphatic heterocycles. The van der Waals surface area contributed by atoms with Gasteiger partial charge in [-0.05, 0) is 43.2 Å². The molecule has 2 unspecified atom stereocenters. The Labute approximate surface area is 228 Å². The first-order valence-corrected chi connectivity index (χ1v) is 12.6. The smallest absolute Gasteiger partial charge is 0.323 e. The molecule has 2 atom stereocenters. The van der Waals surface area contributed by atoms with E-state index in [0.29, 0.717) is 34.9 Å². The first-order chi connectivity index (χ1) is 18.1. The molecular formula is C26H26Cl2FN3O6. The maximum Gasteiger partial charge on any atom is 0.323 e. The molecule has 2 aliphatic rings. The summed E-state index contributed by atoms with van der Waals surface area (Å²) in [6.45, 7) is 3.58. The van der Waals surface area contributed by atoms with Gasteiger partial charge in [0.2, 0.25) is 0 Å². The molecule has 2 aromatic carbocycles. The van der Waals surface area contributed by atoms with Crippen molar-refractivity contribution < 1.29 is 33.4 Å². The largest absolute Gasteiger partial charge is 0.484 e. The van der Waals surface area contributed by atoms with Crippen LogP contribution in [-0.2, 0) is 14.4 Å². The number of aliphatic carboxylic acids is 1. The second-order valence-electron chi connectivity index (χ2n) is 9.17. The second kappa shape index (κ2) is 11.6. The predicted octanol–water partition coefficient (Wildman–Crippen LogP) is 3.75. The van der Waals surface area contributed by atoms with Crippen molar-refractivity contribution in [2.45, 2.75) is 43.4 Å². The molecule has 38 heavy (non-hydrogen) atoms. The number of hydrogen-bond acceptors (Lipinski definition) is 6. The zero-order valence-corrected chi connectivity index (χ0v) is 21.7. The molecule has 0 bridgehead atoms. The van der Waals surface area contributed by atoms with Crippen molar-refractivity contribution in [1.82, 2.24) is 16.0 Å². The number of amides is 2. The van der Waals surface area contributed by atoms with Crippen LogP contribution in [0.25, 0.3) is 0 Å². The van der Waals surface area contributed by atoms with Crippen molar-refractivity contribution >= 4 is 41.0 Å². The van der Waals surface area contributed by atoms with Gasteiger partial charge in [-0.25, -0.2) is 4.39 Å². The average molecular weight is 566 g/mol. The molecule has 202 valence electrons. The van der Waals surface area contributed by atoms with Crippen LogP contribution in [0, 0.1) is 5.82 Å². The molecule has 0 spiro atoms. The maximum absolute atomic E-state index is 13.5. The Bertz CT molecular complexity index is 1270. The van der Waals surface area contributed by atoms with E-state index in [1.807, 2.05) is 0 Å². The molecule has 2 aromatic rings. The van der Waals surface area contributed by atoms with Gasteiger partial charge in [0.15, 0.2) is 12.7 Å². The summed E-state index contributed by atoms with van der Waals surface area (Å²) >= 11 is 11.8. The number of rotatable bonds is 11. The Hall–Kier alpha value is -3.34. The molecule has 0 aromatic heterocycles. The number of hydrogen-bond donors (Lipinski definition) is 4. The lowest BCUT2D eigenvalue weighted by Gasteiger charge is -2.34. The summed E-state index contributed by atoms with van der Waals surface area (Å²) in [6, 6.07) is 8.41. The minimum atomic E-state index is -1.01. The van der Waals surface area contributed by atoms with E-state index in [1.165, 1.54) is 12.1 Å². The molecule has 1 fully saturated rings. The molecule has 4 rings (SSSR count). The van der Waals surface area contributed by atoms with Gasteiger partial charge in [0, 0.05) is 47.8 Å². The predicted molar refractivity (Wildman–Crippen MR) is 138 cm³/mol. The SMILES string of the molecule is C=C(CCNC(=O)C1CC(NC2(C(=O)O)CC2)c2cc(Cl)ccc2O1)NC(=O)COc1ccc(Cl)c(F)c1. The topological polar surface area (TPSA) is 126 Å². The van der Waals surface area contributed by atoms with Crippen LogP contribution >= 0.6 is 23.2 Å². The van der Waals surface area contributed by atoms with Crippen molar-refractivity contribution in [2.75, 3.05) is 13.2 Å².